The molecule has 348 valence electrons. The molecule has 2 aromatic carbocycles. The molecule has 2 amide bonds. The summed E-state index contributed by atoms with van der Waals surface area (Å²) in [7, 11) is 0. The van der Waals surface area contributed by atoms with Crippen LogP contribution in [0.25, 0.3) is 43.4 Å². The molecule has 7 aromatic rings. The van der Waals surface area contributed by atoms with Gasteiger partial charge in [0, 0.05) is 104 Å². The Balaban J connectivity index is 0.684. The number of hydrogen-bond donors (Lipinski definition) is 3. The lowest BCUT2D eigenvalue weighted by atomic mass is 9.91. The average Bonchev–Trinajstić information content (AvgIpc) is 4.17. The van der Waals surface area contributed by atoms with E-state index in [4.69, 9.17) is 9.51 Å². The van der Waals surface area contributed by atoms with Gasteiger partial charge in [-0.25, -0.2) is 9.97 Å². The van der Waals surface area contributed by atoms with Gasteiger partial charge in [-0.2, -0.15) is 0 Å². The molecule has 0 saturated carbocycles. The molecule has 15 heteroatoms. The number of aliphatic hydroxyl groups excluding tert-OH is 1. The average molecular weight is 921 g/mol. The van der Waals surface area contributed by atoms with Gasteiger partial charge in [0.2, 0.25) is 11.8 Å². The number of H-pyrrole nitrogens is 1. The van der Waals surface area contributed by atoms with Crippen LogP contribution in [0.5, 0.6) is 0 Å². The predicted molar refractivity (Wildman–Crippen MR) is 264 cm³/mol. The Kier molecular flexibility index (Phi) is 12.8. The van der Waals surface area contributed by atoms with Crippen molar-refractivity contribution in [3.8, 4) is 21.6 Å². The van der Waals surface area contributed by atoms with Crippen molar-refractivity contribution in [1.82, 2.24) is 40.2 Å². The van der Waals surface area contributed by atoms with Crippen LogP contribution in [0.2, 0.25) is 0 Å². The molecule has 14 nitrogen and oxygen atoms in total. The number of likely N-dealkylation sites (tertiary alicyclic amines) is 1. The third-order valence-electron chi connectivity index (χ3n) is 14.4. The van der Waals surface area contributed by atoms with E-state index in [1.165, 1.54) is 16.7 Å². The number of piperidine rings is 1. The minimum absolute atomic E-state index is 0.0920. The largest absolute Gasteiger partial charge is 0.391 e. The number of fused-ring (bicyclic) bond motifs is 3. The zero-order valence-corrected chi connectivity index (χ0v) is 39.6. The third-order valence-corrected chi connectivity index (χ3v) is 15.3. The number of thiazole rings is 1. The Morgan fingerprint density at radius 2 is 1.61 bits per heavy atom. The lowest BCUT2D eigenvalue weighted by molar-refractivity contribution is -0.141. The normalized spacial score (nSPS) is 19.5. The van der Waals surface area contributed by atoms with Crippen LogP contribution in [0.15, 0.2) is 95.4 Å². The van der Waals surface area contributed by atoms with Crippen LogP contribution in [-0.4, -0.2) is 116 Å². The topological polar surface area (TPSA) is 160 Å². The molecular formula is C52H60N10O4S. The monoisotopic (exact) mass is 920 g/mol. The van der Waals surface area contributed by atoms with Crippen molar-refractivity contribution in [1.29, 1.82) is 0 Å². The second-order valence-corrected chi connectivity index (χ2v) is 19.9. The summed E-state index contributed by atoms with van der Waals surface area (Å²) in [6.07, 6.45) is 8.63. The van der Waals surface area contributed by atoms with Crippen LogP contribution >= 0.6 is 11.3 Å². The number of benzene rings is 2. The third kappa shape index (κ3) is 9.41. The number of anilines is 2. The number of amides is 2. The smallest absolute Gasteiger partial charge is 0.243 e. The highest BCUT2D eigenvalue weighted by molar-refractivity contribution is 7.13. The van der Waals surface area contributed by atoms with Crippen LogP contribution in [-0.2, 0) is 9.59 Å². The molecule has 0 bridgehead atoms. The maximum Gasteiger partial charge on any atom is 0.243 e. The molecule has 3 saturated heterocycles. The number of hydrogen-bond acceptors (Lipinski definition) is 12. The number of aliphatic hydroxyl groups is 1. The first-order valence-corrected chi connectivity index (χ1v) is 24.7. The van der Waals surface area contributed by atoms with Crippen LogP contribution in [0.4, 0.5) is 11.6 Å². The summed E-state index contributed by atoms with van der Waals surface area (Å²) < 4.78 is 5.92. The molecule has 3 fully saturated rings. The summed E-state index contributed by atoms with van der Waals surface area (Å²) in [5, 5.41) is 20.6. The highest BCUT2D eigenvalue weighted by Gasteiger charge is 2.43. The van der Waals surface area contributed by atoms with Crippen molar-refractivity contribution in [3.63, 3.8) is 0 Å². The van der Waals surface area contributed by atoms with Crippen molar-refractivity contribution < 1.29 is 19.2 Å². The Morgan fingerprint density at radius 1 is 0.851 bits per heavy atom. The van der Waals surface area contributed by atoms with E-state index in [1.807, 2.05) is 88.2 Å². The Hall–Kier alpha value is -6.16. The van der Waals surface area contributed by atoms with E-state index < -0.39 is 18.1 Å². The fourth-order valence-corrected chi connectivity index (χ4v) is 11.2. The first-order chi connectivity index (χ1) is 32.6. The lowest BCUT2D eigenvalue weighted by Crippen LogP contribution is -2.48. The number of rotatable bonds is 13. The molecular weight excluding hydrogens is 861 g/mol. The molecule has 4 atom stereocenters. The van der Waals surface area contributed by atoms with Crippen molar-refractivity contribution in [3.05, 3.63) is 108 Å². The van der Waals surface area contributed by atoms with Crippen LogP contribution in [0.3, 0.4) is 0 Å². The first-order valence-electron chi connectivity index (χ1n) is 23.9. The van der Waals surface area contributed by atoms with E-state index in [1.54, 1.807) is 11.3 Å². The van der Waals surface area contributed by atoms with Crippen LogP contribution in [0.1, 0.15) is 75.4 Å². The Labute approximate surface area is 395 Å². The highest BCUT2D eigenvalue weighted by Crippen LogP contribution is 2.35. The van der Waals surface area contributed by atoms with Gasteiger partial charge < -0.3 is 34.6 Å². The maximum atomic E-state index is 14.3. The number of carbonyl (C=O) groups excluding carboxylic acids is 2. The lowest BCUT2D eigenvalue weighted by Gasteiger charge is -2.37. The van der Waals surface area contributed by atoms with Crippen LogP contribution < -0.4 is 15.1 Å². The standard InChI is InChI=1S/C52H60N10O4S/c1-32(2)49(52(65)62-30-40(63)26-45(62)51(64)56-33(3)36-5-7-37(8-6-36)50-34(4)55-31-67-50)46-27-48(58-66-46)61-23-21-59(22-24-61)18-14-35-15-19-60(20-16-35)47-12-10-39(28-54-47)38-9-11-41-42-29-53-17-13-43(42)57-44(41)25-38/h5-13,17,25,27-29,31-33,35,40,45,49,57,63H,14-16,18-24,26,30H2,1-4H3,(H,56,64)/t33-,40+,45-,49?/m0/s1. The fourth-order valence-electron chi connectivity index (χ4n) is 10.4. The Bertz CT molecular complexity index is 2820. The minimum Gasteiger partial charge on any atom is -0.391 e. The summed E-state index contributed by atoms with van der Waals surface area (Å²) in [4.78, 5) is 55.1. The SMILES string of the molecule is Cc1ncsc1-c1ccc([C@H](C)NC(=O)[C@@H]2C[C@@H](O)CN2C(=O)C(c2cc(N3CCN(CCC4CCN(c5ccc(-c6ccc7c(c6)[nH]c6ccncc67)cn5)CC4)CC3)no2)C(C)C)cc1. The van der Waals surface area contributed by atoms with E-state index in [9.17, 15) is 14.7 Å². The van der Waals surface area contributed by atoms with E-state index >= 15 is 0 Å². The number of carbonyl (C=O) groups is 2. The molecule has 67 heavy (non-hydrogen) atoms. The van der Waals surface area contributed by atoms with E-state index in [0.717, 1.165) is 120 Å². The maximum absolute atomic E-state index is 14.3. The zero-order chi connectivity index (χ0) is 46.2. The van der Waals surface area contributed by atoms with Gasteiger partial charge in [0.1, 0.15) is 17.8 Å². The summed E-state index contributed by atoms with van der Waals surface area (Å²) in [6, 6.07) is 21.8. The second kappa shape index (κ2) is 19.2. The quantitative estimate of drug-likeness (QED) is 0.102. The molecule has 0 radical (unpaired) electrons. The predicted octanol–water partition coefficient (Wildman–Crippen LogP) is 8.21. The van der Waals surface area contributed by atoms with Crippen LogP contribution in [0, 0.1) is 18.8 Å². The zero-order valence-electron chi connectivity index (χ0n) is 38.8. The number of aryl methyl sites for hydroxylation is 1. The molecule has 10 rings (SSSR count). The molecule has 0 aliphatic carbocycles. The second-order valence-electron chi connectivity index (χ2n) is 19.1. The number of piperazine rings is 1. The van der Waals surface area contributed by atoms with Crippen molar-refractivity contribution in [2.45, 2.75) is 77.5 Å². The van der Waals surface area contributed by atoms with E-state index in [0.29, 0.717) is 11.7 Å². The van der Waals surface area contributed by atoms with Crippen molar-refractivity contribution >= 4 is 56.6 Å². The summed E-state index contributed by atoms with van der Waals surface area (Å²) in [5.41, 5.74) is 9.33. The number of β-amino-alcohol motifs (C(OH)–C–C–N with tert-alkyl or cyclic N) is 1. The van der Waals surface area contributed by atoms with E-state index in [2.05, 4.69) is 70.5 Å². The summed E-state index contributed by atoms with van der Waals surface area (Å²) in [6.45, 7) is 14.6. The number of nitrogens with zero attached hydrogens (tertiary/aromatic N) is 8. The number of nitrogens with one attached hydrogen (secondary N) is 2. The Morgan fingerprint density at radius 3 is 2.34 bits per heavy atom. The van der Waals surface area contributed by atoms with Gasteiger partial charge in [-0.05, 0) is 92.4 Å². The molecule has 3 aliphatic rings. The highest BCUT2D eigenvalue weighted by atomic mass is 32.1. The molecule has 1 unspecified atom stereocenters. The van der Waals surface area contributed by atoms with Gasteiger partial charge in [0.05, 0.1) is 28.2 Å². The van der Waals surface area contributed by atoms with Gasteiger partial charge in [-0.1, -0.05) is 55.4 Å². The van der Waals surface area contributed by atoms with Gasteiger partial charge in [-0.15, -0.1) is 11.3 Å². The molecule has 8 heterocycles. The number of aromatic amines is 1. The van der Waals surface area contributed by atoms with Gasteiger partial charge in [0.15, 0.2) is 11.6 Å². The molecule has 0 spiro atoms. The van der Waals surface area contributed by atoms with Gasteiger partial charge in [0.25, 0.3) is 0 Å². The van der Waals surface area contributed by atoms with Gasteiger partial charge in [-0.3, -0.25) is 19.5 Å². The summed E-state index contributed by atoms with van der Waals surface area (Å²) >= 11 is 1.60. The molecule has 3 aliphatic heterocycles. The fraction of sp³-hybridized carbons (Fsp3) is 0.423. The molecule has 5 aromatic heterocycles. The number of pyridine rings is 2. The van der Waals surface area contributed by atoms with Crippen molar-refractivity contribution in [2.24, 2.45) is 11.8 Å². The summed E-state index contributed by atoms with van der Waals surface area (Å²) in [5.74, 6) is 1.68. The molecule has 3 N–H and O–H groups in total. The minimum atomic E-state index is -0.793. The number of aromatic nitrogens is 5. The van der Waals surface area contributed by atoms with Gasteiger partial charge >= 0.3 is 0 Å². The van der Waals surface area contributed by atoms with E-state index in [-0.39, 0.29) is 36.7 Å². The van der Waals surface area contributed by atoms with Crippen molar-refractivity contribution in [2.75, 3.05) is 62.2 Å². The first kappa shape index (κ1) is 44.7.